The zero-order valence-corrected chi connectivity index (χ0v) is 19.2. The Labute approximate surface area is 182 Å². The van der Waals surface area contributed by atoms with Crippen LogP contribution in [0.1, 0.15) is 27.7 Å². The predicted octanol–water partition coefficient (Wildman–Crippen LogP) is 5.26. The normalized spacial score (nSPS) is 12.8. The zero-order chi connectivity index (χ0) is 20.8. The van der Waals surface area contributed by atoms with Crippen molar-refractivity contribution in [1.82, 2.24) is 0 Å². The third-order valence-electron chi connectivity index (χ3n) is 6.45. The van der Waals surface area contributed by atoms with E-state index in [4.69, 9.17) is 0 Å². The summed E-state index contributed by atoms with van der Waals surface area (Å²) in [7, 11) is -0.239. The first-order valence-corrected chi connectivity index (χ1v) is 12.5. The summed E-state index contributed by atoms with van der Waals surface area (Å²) >= 11 is 0. The van der Waals surface area contributed by atoms with Crippen LogP contribution in [0.5, 0.6) is 0 Å². The predicted molar refractivity (Wildman–Crippen MR) is 137 cm³/mol. The van der Waals surface area contributed by atoms with Crippen LogP contribution in [0.15, 0.2) is 84.9 Å². The summed E-state index contributed by atoms with van der Waals surface area (Å²) in [6.07, 6.45) is 0. The lowest BCUT2D eigenvalue weighted by Gasteiger charge is -2.29. The number of fused-ring (bicyclic) bond motifs is 4. The highest BCUT2D eigenvalue weighted by Crippen LogP contribution is 2.46. The van der Waals surface area contributed by atoms with Crippen molar-refractivity contribution in [2.45, 2.75) is 39.0 Å². The molecule has 4 aromatic rings. The molecule has 0 N–H and O–H groups in total. The summed E-state index contributed by atoms with van der Waals surface area (Å²) in [6.45, 7) is 9.89. The molecule has 0 unspecified atom stereocenters. The van der Waals surface area contributed by atoms with Crippen LogP contribution in [0.4, 0.5) is 0 Å². The summed E-state index contributed by atoms with van der Waals surface area (Å²) < 4.78 is 0. The van der Waals surface area contributed by atoms with Crippen LogP contribution in [0, 0.1) is 0 Å². The van der Waals surface area contributed by atoms with Crippen LogP contribution < -0.4 is 21.7 Å². The summed E-state index contributed by atoms with van der Waals surface area (Å²) in [5, 5.41) is 4.44. The zero-order valence-electron chi connectivity index (χ0n) is 18.3. The van der Waals surface area contributed by atoms with Crippen LogP contribution in [0.3, 0.4) is 0 Å². The van der Waals surface area contributed by atoms with E-state index in [1.165, 1.54) is 38.3 Å². The molecule has 1 aliphatic heterocycles. The number of hydrogen-bond acceptors (Lipinski definition) is 0. The Hall–Kier alpha value is -2.37. The SMILES string of the molecule is CC(C)P(c1cccc2cccc(B3c4ccccc4-c4ccccc43)c12)C(C)C. The van der Waals surface area contributed by atoms with Gasteiger partial charge in [-0.05, 0) is 38.5 Å². The van der Waals surface area contributed by atoms with E-state index in [-0.39, 0.29) is 7.92 Å². The summed E-state index contributed by atoms with van der Waals surface area (Å²) in [4.78, 5) is 0. The smallest absolute Gasteiger partial charge is 0.0694 e. The Kier molecular flexibility index (Phi) is 5.04. The van der Waals surface area contributed by atoms with E-state index in [2.05, 4.69) is 113 Å². The van der Waals surface area contributed by atoms with Crippen molar-refractivity contribution in [3.8, 4) is 11.1 Å². The van der Waals surface area contributed by atoms with Gasteiger partial charge in [-0.3, -0.25) is 0 Å². The molecule has 0 aliphatic carbocycles. The van der Waals surface area contributed by atoms with E-state index in [0.717, 1.165) is 0 Å². The first-order valence-electron chi connectivity index (χ1n) is 11.1. The molecule has 0 amide bonds. The molecule has 148 valence electrons. The minimum Gasteiger partial charge on any atom is -0.0694 e. The van der Waals surface area contributed by atoms with Crippen molar-refractivity contribution >= 4 is 47.1 Å². The molecule has 30 heavy (non-hydrogen) atoms. The van der Waals surface area contributed by atoms with Gasteiger partial charge in [0, 0.05) is 0 Å². The average Bonchev–Trinajstić information content (AvgIpc) is 3.07. The van der Waals surface area contributed by atoms with Gasteiger partial charge < -0.3 is 0 Å². The quantitative estimate of drug-likeness (QED) is 0.282. The van der Waals surface area contributed by atoms with Crippen LogP contribution >= 0.6 is 7.92 Å². The monoisotopic (exact) mass is 406 g/mol. The minimum atomic E-state index is -0.239. The molecule has 0 nitrogen and oxygen atoms in total. The lowest BCUT2D eigenvalue weighted by atomic mass is 9.38. The van der Waals surface area contributed by atoms with Crippen LogP contribution in [-0.4, -0.2) is 18.0 Å². The molecule has 0 bridgehead atoms. The molecule has 0 saturated carbocycles. The molecular formula is C28H28BP. The average molecular weight is 406 g/mol. The Morgan fingerprint density at radius 3 is 1.63 bits per heavy atom. The standard InChI is InChI=1S/C28H28BP/c1-19(2)30(20(3)4)27-18-10-12-21-11-9-17-26(28(21)27)29-24-15-7-5-13-22(24)23-14-6-8-16-25(23)29/h5-20H,1-4H3. The molecule has 5 rings (SSSR count). The van der Waals surface area contributed by atoms with E-state index >= 15 is 0 Å². The summed E-state index contributed by atoms with van der Waals surface area (Å²) in [5.74, 6) is 0. The van der Waals surface area contributed by atoms with Gasteiger partial charge in [0.05, 0.1) is 0 Å². The van der Waals surface area contributed by atoms with Crippen LogP contribution in [-0.2, 0) is 0 Å². The Balaban J connectivity index is 1.83. The summed E-state index contributed by atoms with van der Waals surface area (Å²) in [6, 6.07) is 31.8. The molecule has 0 aromatic heterocycles. The van der Waals surface area contributed by atoms with Crippen LogP contribution in [0.2, 0.25) is 0 Å². The third-order valence-corrected chi connectivity index (χ3v) is 9.60. The van der Waals surface area contributed by atoms with Gasteiger partial charge in [0.1, 0.15) is 0 Å². The van der Waals surface area contributed by atoms with Gasteiger partial charge in [-0.15, -0.1) is 0 Å². The lowest BCUT2D eigenvalue weighted by Crippen LogP contribution is -2.50. The Morgan fingerprint density at radius 2 is 1.07 bits per heavy atom. The van der Waals surface area contributed by atoms with E-state index < -0.39 is 0 Å². The molecule has 4 aromatic carbocycles. The molecule has 1 heterocycles. The second-order valence-electron chi connectivity index (χ2n) is 8.92. The fraction of sp³-hybridized carbons (Fsp3) is 0.214. The van der Waals surface area contributed by atoms with Gasteiger partial charge >= 0.3 is 0 Å². The van der Waals surface area contributed by atoms with Crippen LogP contribution in [0.25, 0.3) is 21.9 Å². The molecular weight excluding hydrogens is 378 g/mol. The molecule has 0 atom stereocenters. The second kappa shape index (κ2) is 7.71. The second-order valence-corrected chi connectivity index (χ2v) is 12.3. The highest BCUT2D eigenvalue weighted by atomic mass is 31.1. The summed E-state index contributed by atoms with van der Waals surface area (Å²) in [5.41, 5.74) is 8.47. The Morgan fingerprint density at radius 1 is 0.567 bits per heavy atom. The molecule has 1 aliphatic rings. The highest BCUT2D eigenvalue weighted by Gasteiger charge is 2.34. The van der Waals surface area contributed by atoms with Gasteiger partial charge in [-0.2, -0.15) is 0 Å². The van der Waals surface area contributed by atoms with Gasteiger partial charge in [0.15, 0.2) is 0 Å². The molecule has 0 radical (unpaired) electrons. The minimum absolute atomic E-state index is 0.239. The fourth-order valence-corrected chi connectivity index (χ4v) is 8.53. The number of rotatable bonds is 4. The maximum Gasteiger partial charge on any atom is 0.243 e. The van der Waals surface area contributed by atoms with Gasteiger partial charge in [0.25, 0.3) is 0 Å². The number of hydrogen-bond donors (Lipinski definition) is 0. The maximum absolute atomic E-state index is 2.41. The van der Waals surface area contributed by atoms with Crippen molar-refractivity contribution in [2.75, 3.05) is 0 Å². The topological polar surface area (TPSA) is 0 Å². The first kappa shape index (κ1) is 19.6. The molecule has 0 fully saturated rings. The number of benzene rings is 4. The lowest BCUT2D eigenvalue weighted by molar-refractivity contribution is 1.02. The van der Waals surface area contributed by atoms with Gasteiger partial charge in [-0.1, -0.05) is 137 Å². The van der Waals surface area contributed by atoms with E-state index in [0.29, 0.717) is 18.0 Å². The third kappa shape index (κ3) is 3.03. The van der Waals surface area contributed by atoms with Crippen molar-refractivity contribution in [1.29, 1.82) is 0 Å². The van der Waals surface area contributed by atoms with Crippen molar-refractivity contribution < 1.29 is 0 Å². The molecule has 0 saturated heterocycles. The van der Waals surface area contributed by atoms with Crippen molar-refractivity contribution in [3.63, 3.8) is 0 Å². The largest absolute Gasteiger partial charge is 0.243 e. The highest BCUT2D eigenvalue weighted by molar-refractivity contribution is 7.67. The van der Waals surface area contributed by atoms with E-state index in [9.17, 15) is 0 Å². The molecule has 0 spiro atoms. The Bertz CT molecular complexity index is 1170. The van der Waals surface area contributed by atoms with Gasteiger partial charge in [0.2, 0.25) is 6.71 Å². The van der Waals surface area contributed by atoms with E-state index in [1.807, 2.05) is 0 Å². The van der Waals surface area contributed by atoms with E-state index in [1.54, 1.807) is 5.30 Å². The van der Waals surface area contributed by atoms with Crippen molar-refractivity contribution in [2.24, 2.45) is 0 Å². The first-order chi connectivity index (χ1) is 14.6. The molecule has 2 heteroatoms. The van der Waals surface area contributed by atoms with Gasteiger partial charge in [-0.25, -0.2) is 0 Å². The maximum atomic E-state index is 2.41. The van der Waals surface area contributed by atoms with Crippen molar-refractivity contribution in [3.05, 3.63) is 84.9 Å². The fourth-order valence-electron chi connectivity index (χ4n) is 5.45.